The number of rotatable bonds is 5. The fraction of sp³-hybridized carbons (Fsp3) is 1.00. The standard InChI is InChI=1S/C7H14BrI2/c1-3-7(2,8)10-6-4-5-9/h3-6H2,1-2H3/q-1. The van der Waals surface area contributed by atoms with Crippen LogP contribution in [0.25, 0.3) is 0 Å². The van der Waals surface area contributed by atoms with Gasteiger partial charge in [0.25, 0.3) is 0 Å². The van der Waals surface area contributed by atoms with Crippen LogP contribution in [0.5, 0.6) is 0 Å². The van der Waals surface area contributed by atoms with Crippen LogP contribution in [-0.4, -0.2) is 11.2 Å². The molecule has 0 aliphatic heterocycles. The van der Waals surface area contributed by atoms with Gasteiger partial charge in [-0.1, -0.05) is 0 Å². The molecule has 0 nitrogen and oxygen atoms in total. The van der Waals surface area contributed by atoms with Crippen molar-refractivity contribution in [2.45, 2.75) is 29.0 Å². The molecule has 0 rings (SSSR count). The Balaban J connectivity index is 3.28. The average Bonchev–Trinajstić information content (AvgIpc) is 1.89. The second-order valence-electron chi connectivity index (χ2n) is 2.29. The van der Waals surface area contributed by atoms with Crippen molar-refractivity contribution in [3.05, 3.63) is 0 Å². The fourth-order valence-electron chi connectivity index (χ4n) is 0.409. The van der Waals surface area contributed by atoms with Gasteiger partial charge in [0, 0.05) is 0 Å². The van der Waals surface area contributed by atoms with Crippen LogP contribution in [0.4, 0.5) is 0 Å². The first-order valence-electron chi connectivity index (χ1n) is 3.47. The van der Waals surface area contributed by atoms with Crippen molar-refractivity contribution in [1.29, 1.82) is 0 Å². The molecule has 0 aliphatic rings. The maximum atomic E-state index is 3.76. The van der Waals surface area contributed by atoms with Crippen LogP contribution in [0.15, 0.2) is 0 Å². The molecule has 1 unspecified atom stereocenters. The second kappa shape index (κ2) is 6.46. The van der Waals surface area contributed by atoms with Crippen molar-refractivity contribution in [3.63, 3.8) is 0 Å². The van der Waals surface area contributed by atoms with Gasteiger partial charge in [0.2, 0.25) is 0 Å². The van der Waals surface area contributed by atoms with Crippen LogP contribution in [0.1, 0.15) is 26.7 Å². The maximum absolute atomic E-state index is 3.76. The molecule has 64 valence electrons. The van der Waals surface area contributed by atoms with Gasteiger partial charge in [-0.15, -0.1) is 0 Å². The van der Waals surface area contributed by atoms with E-state index < -0.39 is 0 Å². The molecular weight excluding hydrogens is 418 g/mol. The molecule has 0 radical (unpaired) electrons. The molecule has 0 aromatic carbocycles. The van der Waals surface area contributed by atoms with E-state index >= 15 is 0 Å². The van der Waals surface area contributed by atoms with Gasteiger partial charge in [0.15, 0.2) is 0 Å². The first-order valence-corrected chi connectivity index (χ1v) is 8.40. The number of alkyl halides is 4. The van der Waals surface area contributed by atoms with Crippen LogP contribution in [0, 0.1) is 0 Å². The average molecular weight is 432 g/mol. The SMILES string of the molecule is CCC(C)(Br)[I-]CCCI. The van der Waals surface area contributed by atoms with Gasteiger partial charge in [-0.05, 0) is 0 Å². The molecule has 3 heteroatoms. The van der Waals surface area contributed by atoms with E-state index in [9.17, 15) is 0 Å². The van der Waals surface area contributed by atoms with Gasteiger partial charge in [-0.25, -0.2) is 0 Å². The van der Waals surface area contributed by atoms with Gasteiger partial charge in [0.1, 0.15) is 0 Å². The molecule has 0 aromatic heterocycles. The Morgan fingerprint density at radius 1 is 1.60 bits per heavy atom. The van der Waals surface area contributed by atoms with E-state index in [4.69, 9.17) is 0 Å². The van der Waals surface area contributed by atoms with E-state index in [-0.39, 0.29) is 0 Å². The Morgan fingerprint density at radius 3 is 2.60 bits per heavy atom. The Bertz CT molecular complexity index is 83.7. The Hall–Kier alpha value is 1.94. The Labute approximate surface area is 96.4 Å². The predicted molar refractivity (Wildman–Crippen MR) is 56.0 cm³/mol. The molecule has 0 aliphatic carbocycles. The van der Waals surface area contributed by atoms with Crippen LogP contribution in [0.2, 0.25) is 0 Å². The van der Waals surface area contributed by atoms with Gasteiger partial charge >= 0.3 is 97.6 Å². The van der Waals surface area contributed by atoms with Crippen molar-refractivity contribution < 1.29 is 21.2 Å². The molecule has 10 heavy (non-hydrogen) atoms. The normalized spacial score (nSPS) is 17.2. The van der Waals surface area contributed by atoms with Gasteiger partial charge < -0.3 is 0 Å². The molecule has 0 bridgehead atoms. The quantitative estimate of drug-likeness (QED) is 0.336. The summed E-state index contributed by atoms with van der Waals surface area (Å²) in [5, 5.41) is 0. The van der Waals surface area contributed by atoms with Crippen LogP contribution in [-0.2, 0) is 0 Å². The summed E-state index contributed by atoms with van der Waals surface area (Å²) in [5.41, 5.74) is 0. The molecule has 0 heterocycles. The Morgan fingerprint density at radius 2 is 2.20 bits per heavy atom. The van der Waals surface area contributed by atoms with E-state index in [1.54, 1.807) is 0 Å². The van der Waals surface area contributed by atoms with Crippen molar-refractivity contribution in [3.8, 4) is 0 Å². The minimum absolute atomic E-state index is 0.384. The predicted octanol–water partition coefficient (Wildman–Crippen LogP) is 0.422. The summed E-state index contributed by atoms with van der Waals surface area (Å²) in [4.78, 5) is 0. The zero-order chi connectivity index (χ0) is 8.04. The summed E-state index contributed by atoms with van der Waals surface area (Å²) in [6, 6.07) is 0. The summed E-state index contributed by atoms with van der Waals surface area (Å²) in [6.45, 7) is 4.59. The van der Waals surface area contributed by atoms with Crippen molar-refractivity contribution in [2.24, 2.45) is 0 Å². The molecule has 0 spiro atoms. The molecular formula is C7H14BrI2-. The van der Waals surface area contributed by atoms with E-state index in [0.29, 0.717) is 23.5 Å². The van der Waals surface area contributed by atoms with E-state index in [2.05, 4.69) is 52.4 Å². The topological polar surface area (TPSA) is 0 Å². The molecule has 0 N–H and O–H groups in total. The molecule has 0 amide bonds. The summed E-state index contributed by atoms with van der Waals surface area (Å²) >= 11 is 6.59. The number of hydrogen-bond donors (Lipinski definition) is 0. The summed E-state index contributed by atoms with van der Waals surface area (Å²) in [6.07, 6.45) is 2.69. The van der Waals surface area contributed by atoms with Gasteiger partial charge in [0.05, 0.1) is 0 Å². The fourth-order valence-corrected chi connectivity index (χ4v) is 5.68. The molecule has 0 saturated heterocycles. The molecule has 0 fully saturated rings. The van der Waals surface area contributed by atoms with Crippen molar-refractivity contribution >= 4 is 38.5 Å². The third-order valence-corrected chi connectivity index (χ3v) is 7.66. The zero-order valence-corrected chi connectivity index (χ0v) is 12.4. The first-order chi connectivity index (χ1) is 4.62. The molecule has 1 atom stereocenters. The minimum atomic E-state index is 0.384. The number of hydrogen-bond acceptors (Lipinski definition) is 0. The van der Waals surface area contributed by atoms with E-state index in [1.807, 2.05) is 0 Å². The van der Waals surface area contributed by atoms with Gasteiger partial charge in [-0.3, -0.25) is 0 Å². The number of halogens is 3. The third kappa shape index (κ3) is 6.64. The summed E-state index contributed by atoms with van der Waals surface area (Å²) < 4.78 is 3.30. The second-order valence-corrected chi connectivity index (χ2v) is 10.8. The summed E-state index contributed by atoms with van der Waals surface area (Å²) in [7, 11) is 0. The monoisotopic (exact) mass is 431 g/mol. The Kier molecular flexibility index (Phi) is 7.71. The van der Waals surface area contributed by atoms with Crippen LogP contribution < -0.4 is 21.2 Å². The zero-order valence-electron chi connectivity index (χ0n) is 6.46. The van der Waals surface area contributed by atoms with E-state index in [0.717, 1.165) is 0 Å². The van der Waals surface area contributed by atoms with Crippen LogP contribution >= 0.6 is 38.5 Å². The first kappa shape index (κ1) is 11.9. The molecule has 0 aromatic rings. The van der Waals surface area contributed by atoms with Crippen molar-refractivity contribution in [2.75, 3.05) is 8.86 Å². The van der Waals surface area contributed by atoms with Gasteiger partial charge in [-0.2, -0.15) is 0 Å². The van der Waals surface area contributed by atoms with Crippen molar-refractivity contribution in [1.82, 2.24) is 0 Å². The third-order valence-electron chi connectivity index (χ3n) is 1.26. The van der Waals surface area contributed by atoms with E-state index in [1.165, 1.54) is 21.7 Å². The van der Waals surface area contributed by atoms with Crippen LogP contribution in [0.3, 0.4) is 0 Å². The molecule has 0 saturated carbocycles. The summed E-state index contributed by atoms with van der Waals surface area (Å²) in [5.74, 6) is 0.